The summed E-state index contributed by atoms with van der Waals surface area (Å²) in [5, 5.41) is 10.2. The summed E-state index contributed by atoms with van der Waals surface area (Å²) < 4.78 is 5.47. The lowest BCUT2D eigenvalue weighted by molar-refractivity contribution is -0.121. The van der Waals surface area contributed by atoms with E-state index in [1.807, 2.05) is 45.9 Å². The summed E-state index contributed by atoms with van der Waals surface area (Å²) in [5.41, 5.74) is 0.728. The first-order valence-corrected chi connectivity index (χ1v) is 10.0. The number of anilines is 1. The van der Waals surface area contributed by atoms with Gasteiger partial charge in [-0.05, 0) is 52.3 Å². The fourth-order valence-corrected chi connectivity index (χ4v) is 3.30. The molecule has 1 aliphatic heterocycles. The zero-order chi connectivity index (χ0) is 20.7. The molecule has 9 heteroatoms. The van der Waals surface area contributed by atoms with Crippen molar-refractivity contribution in [2.45, 2.75) is 45.7 Å². The Balaban J connectivity index is 0.00000420. The Kier molecular flexibility index (Phi) is 10.3. The first-order valence-electron chi connectivity index (χ1n) is 9.66. The lowest BCUT2D eigenvalue weighted by Crippen LogP contribution is -2.46. The zero-order valence-corrected chi connectivity index (χ0v) is 20.9. The molecule has 1 aromatic rings. The topological polar surface area (TPSA) is 78.0 Å². The van der Waals surface area contributed by atoms with Gasteiger partial charge in [0.25, 0.3) is 0 Å². The average molecular weight is 538 g/mol. The van der Waals surface area contributed by atoms with Gasteiger partial charge in [-0.3, -0.25) is 4.79 Å². The third-order valence-corrected chi connectivity index (χ3v) is 4.49. The van der Waals surface area contributed by atoms with Crippen LogP contribution in [0.1, 0.15) is 34.1 Å². The van der Waals surface area contributed by atoms with Gasteiger partial charge in [0.1, 0.15) is 12.3 Å². The molecule has 0 bridgehead atoms. The molecule has 3 N–H and O–H groups in total. The number of aliphatic imine (C=N–C) groups is 1. The van der Waals surface area contributed by atoms with Crippen LogP contribution >= 0.6 is 35.6 Å². The first-order chi connectivity index (χ1) is 13.2. The van der Waals surface area contributed by atoms with E-state index in [-0.39, 0.29) is 48.0 Å². The minimum Gasteiger partial charge on any atom is -0.495 e. The fraction of sp³-hybridized carbons (Fsp3) is 0.600. The molecule has 164 valence electrons. The molecule has 0 saturated carbocycles. The number of hydrogen-bond acceptors (Lipinski definition) is 4. The summed E-state index contributed by atoms with van der Waals surface area (Å²) >= 11 is 6.17. The van der Waals surface area contributed by atoms with Gasteiger partial charge in [0.2, 0.25) is 5.91 Å². The molecule has 1 unspecified atom stereocenters. The molecule has 0 radical (unpaired) electrons. The van der Waals surface area contributed by atoms with E-state index in [9.17, 15) is 4.79 Å². The molecule has 1 atom stereocenters. The van der Waals surface area contributed by atoms with Crippen LogP contribution in [0.3, 0.4) is 0 Å². The van der Waals surface area contributed by atoms with Gasteiger partial charge in [-0.15, -0.1) is 24.0 Å². The number of hydrogen-bond donors (Lipinski definition) is 3. The number of halogens is 2. The third-order valence-electron chi connectivity index (χ3n) is 4.25. The van der Waals surface area contributed by atoms with Crippen LogP contribution in [-0.4, -0.2) is 56.7 Å². The number of nitrogens with zero attached hydrogens (tertiary/aromatic N) is 2. The number of rotatable bonds is 6. The number of carbonyl (C=O) groups is 1. The maximum atomic E-state index is 12.0. The van der Waals surface area contributed by atoms with E-state index in [1.165, 1.54) is 0 Å². The Labute approximate surface area is 196 Å². The molecule has 1 amide bonds. The minimum atomic E-state index is -0.264. The summed E-state index contributed by atoms with van der Waals surface area (Å²) in [6, 6.07) is 5.86. The highest BCUT2D eigenvalue weighted by Crippen LogP contribution is 2.33. The molecule has 0 spiro atoms. The largest absolute Gasteiger partial charge is 0.495 e. The van der Waals surface area contributed by atoms with Crippen molar-refractivity contribution in [1.29, 1.82) is 0 Å². The summed E-state index contributed by atoms with van der Waals surface area (Å²) in [7, 11) is 1.66. The quantitative estimate of drug-likeness (QED) is 0.295. The van der Waals surface area contributed by atoms with Crippen LogP contribution in [0.15, 0.2) is 23.2 Å². The molecule has 1 aliphatic rings. The second-order valence-corrected chi connectivity index (χ2v) is 8.32. The van der Waals surface area contributed by atoms with Gasteiger partial charge in [-0.25, -0.2) is 4.99 Å². The van der Waals surface area contributed by atoms with Crippen molar-refractivity contribution in [2.75, 3.05) is 38.2 Å². The highest BCUT2D eigenvalue weighted by atomic mass is 127. The molecule has 1 aromatic carbocycles. The van der Waals surface area contributed by atoms with Crippen molar-refractivity contribution < 1.29 is 9.53 Å². The SMILES string of the molecule is CCNC(=NCC(=O)NC(C)(C)C)NC1CCN(c2cc(Cl)ccc2OC)C1.I. The number of methoxy groups -OCH3 is 1. The second kappa shape index (κ2) is 11.7. The van der Waals surface area contributed by atoms with E-state index in [1.54, 1.807) is 7.11 Å². The van der Waals surface area contributed by atoms with Crippen LogP contribution in [0.25, 0.3) is 0 Å². The molecule has 29 heavy (non-hydrogen) atoms. The molecule has 1 fully saturated rings. The summed E-state index contributed by atoms with van der Waals surface area (Å²) in [5.74, 6) is 1.36. The summed E-state index contributed by atoms with van der Waals surface area (Å²) in [6.07, 6.45) is 0.953. The van der Waals surface area contributed by atoms with E-state index in [4.69, 9.17) is 16.3 Å². The number of guanidine groups is 1. The maximum absolute atomic E-state index is 12.0. The van der Waals surface area contributed by atoms with E-state index >= 15 is 0 Å². The molecule has 0 aromatic heterocycles. The van der Waals surface area contributed by atoms with Crippen molar-refractivity contribution in [2.24, 2.45) is 4.99 Å². The fourth-order valence-electron chi connectivity index (χ4n) is 3.13. The van der Waals surface area contributed by atoms with E-state index in [0.717, 1.165) is 37.5 Å². The number of ether oxygens (including phenoxy) is 1. The number of nitrogens with one attached hydrogen (secondary N) is 3. The van der Waals surface area contributed by atoms with Crippen LogP contribution in [0, 0.1) is 0 Å². The predicted octanol–water partition coefficient (Wildman–Crippen LogP) is 3.02. The molecular weight excluding hydrogens is 505 g/mol. The van der Waals surface area contributed by atoms with Crippen molar-refractivity contribution >= 4 is 53.1 Å². The predicted molar refractivity (Wildman–Crippen MR) is 131 cm³/mol. The molecular formula is C20H33ClIN5O2. The highest BCUT2D eigenvalue weighted by Gasteiger charge is 2.25. The van der Waals surface area contributed by atoms with Gasteiger partial charge < -0.3 is 25.6 Å². The molecule has 1 saturated heterocycles. The van der Waals surface area contributed by atoms with Crippen LogP contribution in [-0.2, 0) is 4.79 Å². The molecule has 2 rings (SSSR count). The smallest absolute Gasteiger partial charge is 0.242 e. The Hall–Kier alpha value is -1.42. The Morgan fingerprint density at radius 1 is 1.38 bits per heavy atom. The first kappa shape index (κ1) is 25.6. The molecule has 1 heterocycles. The summed E-state index contributed by atoms with van der Waals surface area (Å²) in [4.78, 5) is 18.7. The van der Waals surface area contributed by atoms with Crippen LogP contribution in [0.4, 0.5) is 5.69 Å². The number of amides is 1. The maximum Gasteiger partial charge on any atom is 0.242 e. The van der Waals surface area contributed by atoms with Crippen molar-refractivity contribution in [3.05, 3.63) is 23.2 Å². The highest BCUT2D eigenvalue weighted by molar-refractivity contribution is 14.0. The zero-order valence-electron chi connectivity index (χ0n) is 17.8. The summed E-state index contributed by atoms with van der Waals surface area (Å²) in [6.45, 7) is 10.4. The van der Waals surface area contributed by atoms with E-state index in [0.29, 0.717) is 11.0 Å². The van der Waals surface area contributed by atoms with Crippen molar-refractivity contribution in [3.8, 4) is 5.75 Å². The van der Waals surface area contributed by atoms with Gasteiger partial charge in [0.15, 0.2) is 5.96 Å². The van der Waals surface area contributed by atoms with Crippen molar-refractivity contribution in [3.63, 3.8) is 0 Å². The van der Waals surface area contributed by atoms with Crippen molar-refractivity contribution in [1.82, 2.24) is 16.0 Å². The molecule has 7 nitrogen and oxygen atoms in total. The third kappa shape index (κ3) is 8.46. The Morgan fingerprint density at radius 3 is 2.72 bits per heavy atom. The van der Waals surface area contributed by atoms with Gasteiger partial charge in [-0.1, -0.05) is 11.6 Å². The van der Waals surface area contributed by atoms with Gasteiger partial charge in [-0.2, -0.15) is 0 Å². The van der Waals surface area contributed by atoms with E-state index < -0.39 is 0 Å². The van der Waals surface area contributed by atoms with Gasteiger partial charge >= 0.3 is 0 Å². The number of benzene rings is 1. The monoisotopic (exact) mass is 537 g/mol. The lowest BCUT2D eigenvalue weighted by atomic mass is 10.1. The standard InChI is InChI=1S/C20H32ClN5O2.HI/c1-6-22-19(23-12-18(27)25-20(2,3)4)24-15-9-10-26(13-15)16-11-14(21)7-8-17(16)28-5;/h7-8,11,15H,6,9-10,12-13H2,1-5H3,(H,25,27)(H2,22,23,24);1H. The van der Waals surface area contributed by atoms with E-state index in [2.05, 4.69) is 25.8 Å². The van der Waals surface area contributed by atoms with Gasteiger partial charge in [0.05, 0.1) is 12.8 Å². The minimum absolute atomic E-state index is 0. The second-order valence-electron chi connectivity index (χ2n) is 7.89. The normalized spacial score (nSPS) is 16.8. The lowest BCUT2D eigenvalue weighted by Gasteiger charge is -2.22. The Morgan fingerprint density at radius 2 is 2.10 bits per heavy atom. The molecule has 0 aliphatic carbocycles. The average Bonchev–Trinajstić information content (AvgIpc) is 3.07. The van der Waals surface area contributed by atoms with Gasteiger partial charge in [0, 0.05) is 36.2 Å². The van der Waals surface area contributed by atoms with Crippen LogP contribution in [0.5, 0.6) is 5.75 Å². The Bertz CT molecular complexity index is 709. The van der Waals surface area contributed by atoms with Crippen LogP contribution in [0.2, 0.25) is 5.02 Å². The van der Waals surface area contributed by atoms with Crippen LogP contribution < -0.4 is 25.6 Å². The number of carbonyl (C=O) groups excluding carboxylic acids is 1.